The standard InChI is InChI=1S/C27H30FN5OS/c1-27(2,3)33-25(18-10-12-20(28)13-11-18)22(16-30-33)26-31-21(17-35-26)14-24(34)29-15-19-8-6-7-9-23(19)32(4)5/h6-13,16-17H,14-15H2,1-5H3,(H,29,34). The highest BCUT2D eigenvalue weighted by Gasteiger charge is 2.24. The second-order valence-corrected chi connectivity index (χ2v) is 10.5. The van der Waals surface area contributed by atoms with Gasteiger partial charge < -0.3 is 10.2 Å². The summed E-state index contributed by atoms with van der Waals surface area (Å²) < 4.78 is 15.5. The van der Waals surface area contributed by atoms with Crippen LogP contribution < -0.4 is 10.2 Å². The van der Waals surface area contributed by atoms with Crippen molar-refractivity contribution < 1.29 is 9.18 Å². The topological polar surface area (TPSA) is 63.1 Å². The molecule has 182 valence electrons. The molecular weight excluding hydrogens is 461 g/mol. The lowest BCUT2D eigenvalue weighted by Crippen LogP contribution is -2.25. The average molecular weight is 492 g/mol. The van der Waals surface area contributed by atoms with Gasteiger partial charge in [-0.15, -0.1) is 11.3 Å². The molecule has 0 aliphatic carbocycles. The summed E-state index contributed by atoms with van der Waals surface area (Å²) in [4.78, 5) is 19.4. The van der Waals surface area contributed by atoms with E-state index in [2.05, 4.69) is 31.2 Å². The van der Waals surface area contributed by atoms with E-state index in [9.17, 15) is 9.18 Å². The Hall–Kier alpha value is -3.52. The van der Waals surface area contributed by atoms with Gasteiger partial charge in [-0.3, -0.25) is 9.48 Å². The predicted molar refractivity (Wildman–Crippen MR) is 140 cm³/mol. The molecule has 35 heavy (non-hydrogen) atoms. The van der Waals surface area contributed by atoms with Crippen molar-refractivity contribution in [3.05, 3.63) is 77.2 Å². The van der Waals surface area contributed by atoms with Gasteiger partial charge in [-0.05, 0) is 56.7 Å². The number of para-hydroxylation sites is 1. The summed E-state index contributed by atoms with van der Waals surface area (Å²) in [6, 6.07) is 14.4. The smallest absolute Gasteiger partial charge is 0.226 e. The molecule has 8 heteroatoms. The van der Waals surface area contributed by atoms with Crippen LogP contribution in [0.1, 0.15) is 32.0 Å². The van der Waals surface area contributed by atoms with Crippen LogP contribution in [0.2, 0.25) is 0 Å². The zero-order valence-electron chi connectivity index (χ0n) is 20.7. The van der Waals surface area contributed by atoms with E-state index in [1.807, 2.05) is 53.3 Å². The third-order valence-electron chi connectivity index (χ3n) is 5.60. The number of aromatic nitrogens is 3. The fourth-order valence-corrected chi connectivity index (χ4v) is 4.76. The van der Waals surface area contributed by atoms with Crippen LogP contribution >= 0.6 is 11.3 Å². The van der Waals surface area contributed by atoms with Crippen LogP contribution in [0.25, 0.3) is 21.8 Å². The van der Waals surface area contributed by atoms with E-state index in [1.54, 1.807) is 18.3 Å². The molecule has 0 unspecified atom stereocenters. The van der Waals surface area contributed by atoms with Gasteiger partial charge in [0.15, 0.2) is 0 Å². The van der Waals surface area contributed by atoms with E-state index in [0.29, 0.717) is 12.2 Å². The molecular formula is C27H30FN5OS. The summed E-state index contributed by atoms with van der Waals surface area (Å²) in [5, 5.41) is 10.3. The number of rotatable bonds is 7. The van der Waals surface area contributed by atoms with Crippen LogP contribution in [0.5, 0.6) is 0 Å². The second kappa shape index (κ2) is 10.00. The lowest BCUT2D eigenvalue weighted by Gasteiger charge is -2.23. The zero-order chi connectivity index (χ0) is 25.2. The number of amides is 1. The summed E-state index contributed by atoms with van der Waals surface area (Å²) in [7, 11) is 3.97. The number of carbonyl (C=O) groups excluding carboxylic acids is 1. The van der Waals surface area contributed by atoms with Gasteiger partial charge in [0.05, 0.1) is 35.1 Å². The van der Waals surface area contributed by atoms with Crippen LogP contribution in [-0.2, 0) is 23.3 Å². The van der Waals surface area contributed by atoms with Crippen molar-refractivity contribution in [2.75, 3.05) is 19.0 Å². The molecule has 6 nitrogen and oxygen atoms in total. The fraction of sp³-hybridized carbons (Fsp3) is 0.296. The number of halogens is 1. The monoisotopic (exact) mass is 491 g/mol. The summed E-state index contributed by atoms with van der Waals surface area (Å²) >= 11 is 1.48. The Labute approximate surface area is 209 Å². The molecule has 4 aromatic rings. The predicted octanol–water partition coefficient (Wildman–Crippen LogP) is 5.49. The molecule has 4 rings (SSSR count). The molecule has 0 atom stereocenters. The molecule has 0 saturated heterocycles. The van der Waals surface area contributed by atoms with Crippen molar-refractivity contribution in [3.63, 3.8) is 0 Å². The van der Waals surface area contributed by atoms with Gasteiger partial charge in [-0.1, -0.05) is 18.2 Å². The van der Waals surface area contributed by atoms with Crippen molar-refractivity contribution in [2.45, 2.75) is 39.3 Å². The molecule has 0 bridgehead atoms. The summed E-state index contributed by atoms with van der Waals surface area (Å²) in [6.45, 7) is 6.67. The van der Waals surface area contributed by atoms with E-state index in [1.165, 1.54) is 23.5 Å². The molecule has 0 fully saturated rings. The number of thiazole rings is 1. The molecule has 0 spiro atoms. The minimum absolute atomic E-state index is 0.0837. The Morgan fingerprint density at radius 3 is 2.51 bits per heavy atom. The van der Waals surface area contributed by atoms with Gasteiger partial charge in [0.2, 0.25) is 5.91 Å². The van der Waals surface area contributed by atoms with Crippen molar-refractivity contribution >= 4 is 22.9 Å². The number of benzene rings is 2. The van der Waals surface area contributed by atoms with Gasteiger partial charge in [-0.25, -0.2) is 9.37 Å². The van der Waals surface area contributed by atoms with E-state index >= 15 is 0 Å². The molecule has 1 N–H and O–H groups in total. The van der Waals surface area contributed by atoms with Crippen molar-refractivity contribution in [1.82, 2.24) is 20.1 Å². The Balaban J connectivity index is 1.54. The van der Waals surface area contributed by atoms with Gasteiger partial charge in [0.1, 0.15) is 10.8 Å². The molecule has 0 saturated carbocycles. The van der Waals surface area contributed by atoms with Crippen LogP contribution in [0.15, 0.2) is 60.1 Å². The minimum atomic E-state index is -0.284. The molecule has 0 aliphatic rings. The molecule has 0 aliphatic heterocycles. The lowest BCUT2D eigenvalue weighted by molar-refractivity contribution is -0.120. The SMILES string of the molecule is CN(C)c1ccccc1CNC(=O)Cc1csc(-c2cnn(C(C)(C)C)c2-c2ccc(F)cc2)n1. The number of nitrogens with one attached hydrogen (secondary N) is 1. The first-order chi connectivity index (χ1) is 16.6. The van der Waals surface area contributed by atoms with Crippen LogP contribution in [0, 0.1) is 5.82 Å². The van der Waals surface area contributed by atoms with E-state index < -0.39 is 0 Å². The summed E-state index contributed by atoms with van der Waals surface area (Å²) in [5.41, 5.74) is 5.17. The molecule has 2 aromatic heterocycles. The lowest BCUT2D eigenvalue weighted by atomic mass is 10.0. The molecule has 2 heterocycles. The van der Waals surface area contributed by atoms with E-state index in [0.717, 1.165) is 33.1 Å². The second-order valence-electron chi connectivity index (χ2n) is 9.62. The summed E-state index contributed by atoms with van der Waals surface area (Å²) in [6.07, 6.45) is 1.99. The Morgan fingerprint density at radius 2 is 1.83 bits per heavy atom. The molecule has 2 aromatic carbocycles. The van der Waals surface area contributed by atoms with Crippen molar-refractivity contribution in [2.24, 2.45) is 0 Å². The van der Waals surface area contributed by atoms with Crippen molar-refractivity contribution in [1.29, 1.82) is 0 Å². The van der Waals surface area contributed by atoms with E-state index in [-0.39, 0.29) is 23.7 Å². The highest BCUT2D eigenvalue weighted by molar-refractivity contribution is 7.13. The Morgan fingerprint density at radius 1 is 1.11 bits per heavy atom. The average Bonchev–Trinajstić information content (AvgIpc) is 3.45. The first-order valence-corrected chi connectivity index (χ1v) is 12.3. The Kier molecular flexibility index (Phi) is 7.03. The van der Waals surface area contributed by atoms with Gasteiger partial charge >= 0.3 is 0 Å². The number of hydrogen-bond acceptors (Lipinski definition) is 5. The number of carbonyl (C=O) groups is 1. The first-order valence-electron chi connectivity index (χ1n) is 11.4. The third-order valence-corrected chi connectivity index (χ3v) is 6.52. The van der Waals surface area contributed by atoms with Crippen molar-refractivity contribution in [3.8, 4) is 21.8 Å². The first kappa shape index (κ1) is 24.6. The number of hydrogen-bond donors (Lipinski definition) is 1. The Bertz CT molecular complexity index is 1320. The molecule has 1 amide bonds. The number of anilines is 1. The third kappa shape index (κ3) is 5.59. The molecule has 0 radical (unpaired) electrons. The fourth-order valence-electron chi connectivity index (χ4n) is 3.93. The van der Waals surface area contributed by atoms with Gasteiger partial charge in [0, 0.05) is 37.3 Å². The normalized spacial score (nSPS) is 11.5. The van der Waals surface area contributed by atoms with E-state index in [4.69, 9.17) is 4.98 Å². The van der Waals surface area contributed by atoms with Crippen LogP contribution in [0.3, 0.4) is 0 Å². The maximum atomic E-state index is 13.6. The minimum Gasteiger partial charge on any atom is -0.377 e. The quantitative estimate of drug-likeness (QED) is 0.371. The largest absolute Gasteiger partial charge is 0.377 e. The summed E-state index contributed by atoms with van der Waals surface area (Å²) in [5.74, 6) is -0.368. The maximum Gasteiger partial charge on any atom is 0.226 e. The van der Waals surface area contributed by atoms with Gasteiger partial charge in [-0.2, -0.15) is 5.10 Å². The highest BCUT2D eigenvalue weighted by atomic mass is 32.1. The zero-order valence-corrected chi connectivity index (χ0v) is 21.5. The van der Waals surface area contributed by atoms with Crippen LogP contribution in [-0.4, -0.2) is 34.8 Å². The van der Waals surface area contributed by atoms with Gasteiger partial charge in [0.25, 0.3) is 0 Å². The highest BCUT2D eigenvalue weighted by Crippen LogP contribution is 2.36. The maximum absolute atomic E-state index is 13.6. The van der Waals surface area contributed by atoms with Crippen LogP contribution in [0.4, 0.5) is 10.1 Å². The number of nitrogens with zero attached hydrogens (tertiary/aromatic N) is 4.